The summed E-state index contributed by atoms with van der Waals surface area (Å²) in [6, 6.07) is 4.53. The van der Waals surface area contributed by atoms with E-state index in [2.05, 4.69) is 57.0 Å². The van der Waals surface area contributed by atoms with E-state index in [0.29, 0.717) is 0 Å². The number of morpholine rings is 1. The molecule has 1 aliphatic rings. The second-order valence-corrected chi connectivity index (χ2v) is 8.51. The lowest BCUT2D eigenvalue weighted by molar-refractivity contribution is -0.0548. The predicted molar refractivity (Wildman–Crippen MR) is 86.2 cm³/mol. The van der Waals surface area contributed by atoms with Crippen LogP contribution in [0.1, 0.15) is 44.4 Å². The summed E-state index contributed by atoms with van der Waals surface area (Å²) in [6.45, 7) is 15.9. The molecule has 0 saturated carbocycles. The molecule has 3 nitrogen and oxygen atoms in total. The van der Waals surface area contributed by atoms with Crippen LogP contribution in [-0.4, -0.2) is 35.7 Å². The van der Waals surface area contributed by atoms with Crippen LogP contribution in [0.2, 0.25) is 0 Å². The molecular formula is C16H28N2OS. The van der Waals surface area contributed by atoms with Crippen LogP contribution in [0.3, 0.4) is 0 Å². The molecule has 114 valence electrons. The summed E-state index contributed by atoms with van der Waals surface area (Å²) >= 11 is 1.92. The average Bonchev–Trinajstić information content (AvgIpc) is 2.76. The summed E-state index contributed by atoms with van der Waals surface area (Å²) in [5, 5.41) is 3.55. The van der Waals surface area contributed by atoms with E-state index in [4.69, 9.17) is 4.74 Å². The predicted octanol–water partition coefficient (Wildman–Crippen LogP) is 3.25. The van der Waals surface area contributed by atoms with Gasteiger partial charge in [0.1, 0.15) is 0 Å². The van der Waals surface area contributed by atoms with Gasteiger partial charge in [-0.15, -0.1) is 11.3 Å². The van der Waals surface area contributed by atoms with Gasteiger partial charge in [0.15, 0.2) is 0 Å². The average molecular weight is 296 g/mol. The highest BCUT2D eigenvalue weighted by molar-refractivity contribution is 7.11. The molecule has 0 aliphatic carbocycles. The molecule has 1 aliphatic heterocycles. The third-order valence-corrected chi connectivity index (χ3v) is 4.74. The van der Waals surface area contributed by atoms with Crippen LogP contribution in [0.15, 0.2) is 12.1 Å². The van der Waals surface area contributed by atoms with Crippen molar-refractivity contribution in [1.29, 1.82) is 0 Å². The van der Waals surface area contributed by atoms with Gasteiger partial charge in [-0.1, -0.05) is 0 Å². The molecule has 0 amide bonds. The van der Waals surface area contributed by atoms with E-state index in [0.717, 1.165) is 32.8 Å². The van der Waals surface area contributed by atoms with Crippen molar-refractivity contribution in [2.75, 3.05) is 19.8 Å². The van der Waals surface area contributed by atoms with E-state index in [-0.39, 0.29) is 11.1 Å². The van der Waals surface area contributed by atoms with Gasteiger partial charge >= 0.3 is 0 Å². The van der Waals surface area contributed by atoms with Crippen molar-refractivity contribution in [3.8, 4) is 0 Å². The number of hydrogen-bond donors (Lipinski definition) is 1. The molecule has 0 aromatic carbocycles. The van der Waals surface area contributed by atoms with Crippen LogP contribution < -0.4 is 5.32 Å². The number of rotatable bonds is 4. The van der Waals surface area contributed by atoms with Gasteiger partial charge in [0.2, 0.25) is 0 Å². The van der Waals surface area contributed by atoms with Crippen LogP contribution in [0.25, 0.3) is 0 Å². The van der Waals surface area contributed by atoms with E-state index < -0.39 is 0 Å². The number of nitrogens with one attached hydrogen (secondary N) is 1. The first-order valence-corrected chi connectivity index (χ1v) is 8.23. The molecule has 1 aromatic heterocycles. The molecule has 2 heterocycles. The van der Waals surface area contributed by atoms with E-state index in [1.807, 2.05) is 11.3 Å². The minimum absolute atomic E-state index is 0.145. The van der Waals surface area contributed by atoms with Crippen molar-refractivity contribution in [2.45, 2.75) is 58.8 Å². The Labute approximate surface area is 127 Å². The Morgan fingerprint density at radius 1 is 1.30 bits per heavy atom. The zero-order valence-electron chi connectivity index (χ0n) is 13.5. The van der Waals surface area contributed by atoms with Crippen LogP contribution >= 0.6 is 11.3 Å². The first-order valence-electron chi connectivity index (χ1n) is 7.42. The third kappa shape index (κ3) is 4.55. The minimum atomic E-state index is 0.145. The van der Waals surface area contributed by atoms with Crippen molar-refractivity contribution in [2.24, 2.45) is 0 Å². The second kappa shape index (κ2) is 6.14. The highest BCUT2D eigenvalue weighted by Crippen LogP contribution is 2.25. The first-order chi connectivity index (χ1) is 9.26. The largest absolute Gasteiger partial charge is 0.378 e. The zero-order valence-corrected chi connectivity index (χ0v) is 14.3. The monoisotopic (exact) mass is 296 g/mol. The smallest absolute Gasteiger partial charge is 0.0645 e. The highest BCUT2D eigenvalue weighted by Gasteiger charge is 2.30. The fourth-order valence-corrected chi connectivity index (χ4v) is 3.30. The molecule has 1 fully saturated rings. The Morgan fingerprint density at radius 3 is 2.65 bits per heavy atom. The number of thiophene rings is 1. The summed E-state index contributed by atoms with van der Waals surface area (Å²) in [5.74, 6) is 0. The Kier molecular flexibility index (Phi) is 4.90. The summed E-state index contributed by atoms with van der Waals surface area (Å²) < 4.78 is 5.59. The molecule has 1 aromatic rings. The van der Waals surface area contributed by atoms with Crippen molar-refractivity contribution in [3.05, 3.63) is 21.9 Å². The van der Waals surface area contributed by atoms with E-state index in [1.165, 1.54) is 9.75 Å². The summed E-state index contributed by atoms with van der Waals surface area (Å²) in [6.07, 6.45) is 0. The van der Waals surface area contributed by atoms with Crippen molar-refractivity contribution in [1.82, 2.24) is 10.2 Å². The van der Waals surface area contributed by atoms with Gasteiger partial charge in [-0.2, -0.15) is 0 Å². The molecule has 20 heavy (non-hydrogen) atoms. The normalized spacial score (nSPS) is 20.2. The minimum Gasteiger partial charge on any atom is -0.378 e. The molecule has 0 bridgehead atoms. The van der Waals surface area contributed by atoms with Gasteiger partial charge in [0, 0.05) is 40.5 Å². The van der Waals surface area contributed by atoms with Gasteiger partial charge < -0.3 is 10.1 Å². The summed E-state index contributed by atoms with van der Waals surface area (Å²) in [5.41, 5.74) is 0.322. The molecule has 0 unspecified atom stereocenters. The quantitative estimate of drug-likeness (QED) is 0.923. The van der Waals surface area contributed by atoms with Crippen LogP contribution in [-0.2, 0) is 17.8 Å². The standard InChI is InChI=1S/C16H28N2OS/c1-15(2,3)17-10-13-6-7-14(20-13)11-18-8-9-19-12-16(18,4)5/h6-7,17H,8-12H2,1-5H3. The maximum absolute atomic E-state index is 5.59. The first kappa shape index (κ1) is 16.0. The molecule has 4 heteroatoms. The summed E-state index contributed by atoms with van der Waals surface area (Å²) in [4.78, 5) is 5.40. The fourth-order valence-electron chi connectivity index (χ4n) is 2.33. The van der Waals surface area contributed by atoms with Gasteiger partial charge in [-0.25, -0.2) is 0 Å². The second-order valence-electron chi connectivity index (χ2n) is 7.26. The Balaban J connectivity index is 1.92. The lowest BCUT2D eigenvalue weighted by atomic mass is 10.0. The van der Waals surface area contributed by atoms with Gasteiger partial charge in [-0.3, -0.25) is 4.90 Å². The van der Waals surface area contributed by atoms with Crippen molar-refractivity contribution in [3.63, 3.8) is 0 Å². The SMILES string of the molecule is CC(C)(C)NCc1ccc(CN2CCOCC2(C)C)s1. The Bertz CT molecular complexity index is 434. The topological polar surface area (TPSA) is 24.5 Å². The lowest BCUT2D eigenvalue weighted by Gasteiger charge is -2.41. The zero-order chi connectivity index (χ0) is 14.8. The van der Waals surface area contributed by atoms with Gasteiger partial charge in [0.25, 0.3) is 0 Å². The van der Waals surface area contributed by atoms with Crippen LogP contribution in [0.4, 0.5) is 0 Å². The van der Waals surface area contributed by atoms with Crippen molar-refractivity contribution >= 4 is 11.3 Å². The number of ether oxygens (including phenoxy) is 1. The molecule has 2 rings (SSSR count). The highest BCUT2D eigenvalue weighted by atomic mass is 32.1. The molecule has 1 N–H and O–H groups in total. The van der Waals surface area contributed by atoms with E-state index in [1.54, 1.807) is 0 Å². The maximum Gasteiger partial charge on any atom is 0.0645 e. The van der Waals surface area contributed by atoms with Gasteiger partial charge in [-0.05, 0) is 46.8 Å². The summed E-state index contributed by atoms with van der Waals surface area (Å²) in [7, 11) is 0. The number of hydrogen-bond acceptors (Lipinski definition) is 4. The molecule has 0 spiro atoms. The number of nitrogens with zero attached hydrogens (tertiary/aromatic N) is 1. The fraction of sp³-hybridized carbons (Fsp3) is 0.750. The van der Waals surface area contributed by atoms with Crippen LogP contribution in [0.5, 0.6) is 0 Å². The van der Waals surface area contributed by atoms with Gasteiger partial charge in [0.05, 0.1) is 13.2 Å². The molecular weight excluding hydrogens is 268 g/mol. The third-order valence-electron chi connectivity index (χ3n) is 3.67. The molecule has 0 atom stereocenters. The van der Waals surface area contributed by atoms with Crippen molar-refractivity contribution < 1.29 is 4.74 Å². The Hall–Kier alpha value is -0.420. The lowest BCUT2D eigenvalue weighted by Crippen LogP contribution is -2.52. The van der Waals surface area contributed by atoms with E-state index >= 15 is 0 Å². The molecule has 0 radical (unpaired) electrons. The maximum atomic E-state index is 5.59. The Morgan fingerprint density at radius 2 is 2.00 bits per heavy atom. The molecule has 1 saturated heterocycles. The van der Waals surface area contributed by atoms with Crippen LogP contribution in [0, 0.1) is 0 Å². The van der Waals surface area contributed by atoms with E-state index in [9.17, 15) is 0 Å².